The van der Waals surface area contributed by atoms with E-state index in [1.807, 2.05) is 30.3 Å². The number of amides is 2. The number of aromatic nitrogens is 1. The van der Waals surface area contributed by atoms with Crippen molar-refractivity contribution in [2.45, 2.75) is 25.3 Å². The van der Waals surface area contributed by atoms with Gasteiger partial charge in [-0.15, -0.1) is 0 Å². The summed E-state index contributed by atoms with van der Waals surface area (Å²) in [5, 5.41) is 14.1. The summed E-state index contributed by atoms with van der Waals surface area (Å²) in [5.41, 5.74) is 1.27. The summed E-state index contributed by atoms with van der Waals surface area (Å²) >= 11 is 0. The second-order valence-electron chi connectivity index (χ2n) is 5.75. The van der Waals surface area contributed by atoms with E-state index in [2.05, 4.69) is 15.6 Å². The molecule has 136 valence electrons. The Kier molecular flexibility index (Phi) is 7.30. The van der Waals surface area contributed by atoms with Gasteiger partial charge in [-0.25, -0.2) is 0 Å². The lowest BCUT2D eigenvalue weighted by Gasteiger charge is -2.18. The van der Waals surface area contributed by atoms with Crippen LogP contribution in [0.5, 0.6) is 0 Å². The van der Waals surface area contributed by atoms with Crippen LogP contribution in [-0.2, 0) is 16.0 Å². The molecule has 1 aromatic heterocycles. The van der Waals surface area contributed by atoms with E-state index in [4.69, 9.17) is 5.11 Å². The van der Waals surface area contributed by atoms with Crippen molar-refractivity contribution in [3.05, 3.63) is 66.0 Å². The molecule has 26 heavy (non-hydrogen) atoms. The van der Waals surface area contributed by atoms with Crippen LogP contribution in [0, 0.1) is 0 Å². The third kappa shape index (κ3) is 6.35. The van der Waals surface area contributed by atoms with Gasteiger partial charge in [0.25, 0.3) is 5.91 Å². The number of hydrogen-bond donors (Lipinski definition) is 3. The number of carboxylic acids is 1. The van der Waals surface area contributed by atoms with Crippen molar-refractivity contribution in [3.8, 4) is 0 Å². The fourth-order valence-corrected chi connectivity index (χ4v) is 2.37. The quantitative estimate of drug-likeness (QED) is 0.589. The highest BCUT2D eigenvalue weighted by atomic mass is 16.4. The van der Waals surface area contributed by atoms with E-state index in [1.165, 1.54) is 6.20 Å². The molecule has 0 bridgehead atoms. The predicted molar refractivity (Wildman–Crippen MR) is 95.5 cm³/mol. The molecule has 2 aromatic rings. The summed E-state index contributed by atoms with van der Waals surface area (Å²) in [6.45, 7) is 0.235. The molecule has 2 rings (SSSR count). The maximum Gasteiger partial charge on any atom is 0.303 e. The SMILES string of the molecule is O=C(O)CCCNC(=O)C(Cc1ccccc1)NC(=O)c1cccnc1. The van der Waals surface area contributed by atoms with Gasteiger partial charge in [0.1, 0.15) is 6.04 Å². The molecule has 3 N–H and O–H groups in total. The molecule has 0 spiro atoms. The zero-order valence-electron chi connectivity index (χ0n) is 14.2. The molecule has 0 fully saturated rings. The number of pyridine rings is 1. The van der Waals surface area contributed by atoms with Gasteiger partial charge in [0.2, 0.25) is 5.91 Å². The van der Waals surface area contributed by atoms with Gasteiger partial charge in [-0.3, -0.25) is 19.4 Å². The van der Waals surface area contributed by atoms with Crippen LogP contribution in [0.1, 0.15) is 28.8 Å². The van der Waals surface area contributed by atoms with Crippen LogP contribution in [0.25, 0.3) is 0 Å². The first kappa shape index (κ1) is 19.1. The Morgan fingerprint density at radius 2 is 1.85 bits per heavy atom. The lowest BCUT2D eigenvalue weighted by Crippen LogP contribution is -2.48. The monoisotopic (exact) mass is 355 g/mol. The van der Waals surface area contributed by atoms with Crippen molar-refractivity contribution in [1.82, 2.24) is 15.6 Å². The zero-order valence-corrected chi connectivity index (χ0v) is 14.2. The van der Waals surface area contributed by atoms with Crippen molar-refractivity contribution in [2.24, 2.45) is 0 Å². The van der Waals surface area contributed by atoms with Crippen LogP contribution in [-0.4, -0.2) is 40.5 Å². The topological polar surface area (TPSA) is 108 Å². The average molecular weight is 355 g/mol. The van der Waals surface area contributed by atoms with Crippen molar-refractivity contribution < 1.29 is 19.5 Å². The number of hydrogen-bond acceptors (Lipinski definition) is 4. The summed E-state index contributed by atoms with van der Waals surface area (Å²) < 4.78 is 0. The normalized spacial score (nSPS) is 11.4. The minimum atomic E-state index is -0.912. The van der Waals surface area contributed by atoms with Gasteiger partial charge < -0.3 is 15.7 Å². The largest absolute Gasteiger partial charge is 0.481 e. The molecule has 0 aliphatic rings. The fraction of sp³-hybridized carbons (Fsp3) is 0.263. The second kappa shape index (κ2) is 9.93. The van der Waals surface area contributed by atoms with Gasteiger partial charge >= 0.3 is 5.97 Å². The molecule has 1 heterocycles. The minimum absolute atomic E-state index is 0.0221. The molecular formula is C19H21N3O4. The van der Waals surface area contributed by atoms with E-state index >= 15 is 0 Å². The van der Waals surface area contributed by atoms with Crippen LogP contribution in [0.2, 0.25) is 0 Å². The van der Waals surface area contributed by atoms with Gasteiger partial charge in [-0.05, 0) is 24.1 Å². The molecule has 7 heteroatoms. The van der Waals surface area contributed by atoms with Crippen LogP contribution in [0.15, 0.2) is 54.9 Å². The standard InChI is InChI=1S/C19H21N3O4/c23-17(24)9-5-11-21-19(26)16(12-14-6-2-1-3-7-14)22-18(25)15-8-4-10-20-13-15/h1-4,6-8,10,13,16H,5,9,11-12H2,(H,21,26)(H,22,25)(H,23,24). The number of carbonyl (C=O) groups is 3. The number of aliphatic carboxylic acids is 1. The van der Waals surface area contributed by atoms with Gasteiger partial charge in [-0.1, -0.05) is 30.3 Å². The summed E-state index contributed by atoms with van der Waals surface area (Å²) in [7, 11) is 0. The Labute approximate surface area is 151 Å². The first-order valence-electron chi connectivity index (χ1n) is 8.30. The minimum Gasteiger partial charge on any atom is -0.481 e. The smallest absolute Gasteiger partial charge is 0.303 e. The van der Waals surface area contributed by atoms with Crippen molar-refractivity contribution in [3.63, 3.8) is 0 Å². The number of benzene rings is 1. The number of nitrogens with zero attached hydrogens (tertiary/aromatic N) is 1. The number of rotatable bonds is 9. The molecule has 0 radical (unpaired) electrons. The van der Waals surface area contributed by atoms with Gasteiger partial charge in [0.05, 0.1) is 5.56 Å². The van der Waals surface area contributed by atoms with E-state index in [0.717, 1.165) is 5.56 Å². The highest BCUT2D eigenvalue weighted by Gasteiger charge is 2.21. The first-order chi connectivity index (χ1) is 12.6. The third-order valence-electron chi connectivity index (χ3n) is 3.69. The van der Waals surface area contributed by atoms with E-state index in [-0.39, 0.29) is 24.8 Å². The Balaban J connectivity index is 2.02. The second-order valence-corrected chi connectivity index (χ2v) is 5.75. The Morgan fingerprint density at radius 3 is 2.50 bits per heavy atom. The fourth-order valence-electron chi connectivity index (χ4n) is 2.37. The summed E-state index contributed by atoms with van der Waals surface area (Å²) in [6.07, 6.45) is 3.63. The molecule has 1 atom stereocenters. The molecule has 1 aromatic carbocycles. The van der Waals surface area contributed by atoms with E-state index < -0.39 is 12.0 Å². The van der Waals surface area contributed by atoms with Crippen LogP contribution >= 0.6 is 0 Å². The molecule has 7 nitrogen and oxygen atoms in total. The van der Waals surface area contributed by atoms with E-state index in [9.17, 15) is 14.4 Å². The maximum atomic E-state index is 12.5. The summed E-state index contributed by atoms with van der Waals surface area (Å²) in [5.74, 6) is -1.65. The highest BCUT2D eigenvalue weighted by molar-refractivity contribution is 5.97. The van der Waals surface area contributed by atoms with Gasteiger partial charge in [-0.2, -0.15) is 0 Å². The first-order valence-corrected chi connectivity index (χ1v) is 8.30. The zero-order chi connectivity index (χ0) is 18.8. The number of nitrogens with one attached hydrogen (secondary N) is 2. The molecule has 0 aliphatic heterocycles. The van der Waals surface area contributed by atoms with Crippen LogP contribution in [0.3, 0.4) is 0 Å². The lowest BCUT2D eigenvalue weighted by atomic mass is 10.0. The van der Waals surface area contributed by atoms with Gasteiger partial charge in [0, 0.05) is 31.8 Å². The highest BCUT2D eigenvalue weighted by Crippen LogP contribution is 2.05. The molecule has 0 aliphatic carbocycles. The van der Waals surface area contributed by atoms with E-state index in [1.54, 1.807) is 18.3 Å². The molecule has 0 saturated heterocycles. The number of carbonyl (C=O) groups excluding carboxylic acids is 2. The molecule has 0 saturated carbocycles. The van der Waals surface area contributed by atoms with Crippen molar-refractivity contribution in [2.75, 3.05) is 6.54 Å². The van der Waals surface area contributed by atoms with Crippen LogP contribution < -0.4 is 10.6 Å². The molecule has 2 amide bonds. The summed E-state index contributed by atoms with van der Waals surface area (Å²) in [6, 6.07) is 11.8. The molecular weight excluding hydrogens is 334 g/mol. The third-order valence-corrected chi connectivity index (χ3v) is 3.69. The Morgan fingerprint density at radius 1 is 1.08 bits per heavy atom. The molecule has 1 unspecified atom stereocenters. The van der Waals surface area contributed by atoms with E-state index in [0.29, 0.717) is 18.4 Å². The average Bonchev–Trinajstić information content (AvgIpc) is 2.66. The van der Waals surface area contributed by atoms with Crippen LogP contribution in [0.4, 0.5) is 0 Å². The van der Waals surface area contributed by atoms with Crippen molar-refractivity contribution in [1.29, 1.82) is 0 Å². The maximum absolute atomic E-state index is 12.5. The predicted octanol–water partition coefficient (Wildman–Crippen LogP) is 1.40. The van der Waals surface area contributed by atoms with Crippen molar-refractivity contribution >= 4 is 17.8 Å². The Hall–Kier alpha value is -3.22. The lowest BCUT2D eigenvalue weighted by molar-refractivity contribution is -0.137. The number of carboxylic acid groups (broad SMARTS) is 1. The summed E-state index contributed by atoms with van der Waals surface area (Å²) in [4.78, 5) is 39.3. The Bertz CT molecular complexity index is 735. The van der Waals surface area contributed by atoms with Gasteiger partial charge in [0.15, 0.2) is 0 Å².